The summed E-state index contributed by atoms with van der Waals surface area (Å²) in [6.07, 6.45) is 4.47. The number of alkyl carbamates (subject to hydrolysis) is 2. The monoisotopic (exact) mass is 1080 g/mol. The highest BCUT2D eigenvalue weighted by molar-refractivity contribution is 5.88. The molecule has 0 aliphatic carbocycles. The van der Waals surface area contributed by atoms with Crippen molar-refractivity contribution in [3.63, 3.8) is 0 Å². The van der Waals surface area contributed by atoms with E-state index in [0.717, 1.165) is 47.8 Å². The van der Waals surface area contributed by atoms with Crippen LogP contribution in [0, 0.1) is 23.5 Å². The Morgan fingerprint density at radius 3 is 1.53 bits per heavy atom. The van der Waals surface area contributed by atoms with Crippen LogP contribution in [-0.4, -0.2) is 106 Å². The van der Waals surface area contributed by atoms with Crippen LogP contribution in [0.25, 0.3) is 32.8 Å². The third-order valence-electron chi connectivity index (χ3n) is 17.0. The molecule has 18 heteroatoms. The van der Waals surface area contributed by atoms with E-state index in [-0.39, 0.29) is 59.4 Å². The number of hydrogen-bond acceptors (Lipinski definition) is 10. The van der Waals surface area contributed by atoms with Crippen molar-refractivity contribution in [1.82, 2.24) is 40.4 Å². The van der Waals surface area contributed by atoms with Crippen molar-refractivity contribution in [3.8, 4) is 0 Å². The smallest absolute Gasteiger partial charge is 0.407 e. The second-order valence-corrected chi connectivity index (χ2v) is 22.5. The molecule has 5 aromatic carbocycles. The summed E-state index contributed by atoms with van der Waals surface area (Å²) in [4.78, 5) is 77.3. The molecule has 4 aliphatic heterocycles. The predicted octanol–water partition coefficient (Wildman–Crippen LogP) is 11.4. The number of nitrogens with one attached hydrogen (secondary N) is 4. The van der Waals surface area contributed by atoms with Gasteiger partial charge in [0.05, 0.1) is 60.5 Å². The Labute approximate surface area is 458 Å². The molecule has 414 valence electrons. The Bertz CT molecular complexity index is 3260. The normalized spacial score (nSPS) is 20.7. The van der Waals surface area contributed by atoms with Gasteiger partial charge in [-0.2, -0.15) is 0 Å². The van der Waals surface area contributed by atoms with Crippen LogP contribution < -0.4 is 20.4 Å². The van der Waals surface area contributed by atoms with E-state index in [9.17, 15) is 19.2 Å². The first kappa shape index (κ1) is 53.3. The zero-order chi connectivity index (χ0) is 55.2. The van der Waals surface area contributed by atoms with Crippen LogP contribution in [0.2, 0.25) is 0 Å². The fourth-order valence-electron chi connectivity index (χ4n) is 12.9. The number of halogens is 2. The summed E-state index contributed by atoms with van der Waals surface area (Å²) in [5.74, 6) is -0.401. The standard InChI is InChI=1S/C61H70F2N10O6/c1-34(2)53(68-60(76)78-5)58(74)71-25-9-13-51(71)56-64-45-19-17-40(30-47(45)66-56)49-21-22-50(41-18-20-46-48(31-41)67-57(65-46)52-14-10-26-72(52)59(75)54(35(3)4)69-61(77)79-6)73(49)42-32-43(62)55(44(63)33-42)70-27-23-37(24-28-70)39-16-15-36-11-7-8-12-38(36)29-39/h7-8,11-12,15-20,29-35,37,49-54H,9-10,13-14,21-28H2,1-6H3,(H,64,66)(H,65,67)(H,68,76)(H,69,77)/t49-,50-,51+,52+,53+,54+/m1/s1. The highest BCUT2D eigenvalue weighted by Crippen LogP contribution is 2.49. The van der Waals surface area contributed by atoms with Gasteiger partial charge in [0.2, 0.25) is 11.8 Å². The van der Waals surface area contributed by atoms with E-state index in [1.807, 2.05) is 81.1 Å². The number of aromatic amines is 2. The van der Waals surface area contributed by atoms with E-state index in [2.05, 4.69) is 55.8 Å². The van der Waals surface area contributed by atoms with Crippen molar-refractivity contribution in [1.29, 1.82) is 0 Å². The number of carbonyl (C=O) groups excluding carboxylic acids is 4. The number of rotatable bonds is 13. The molecule has 0 bridgehead atoms. The number of ether oxygens (including phenoxy) is 2. The minimum Gasteiger partial charge on any atom is -0.453 e. The topological polar surface area (TPSA) is 181 Å². The van der Waals surface area contributed by atoms with E-state index in [1.54, 1.807) is 9.80 Å². The summed E-state index contributed by atoms with van der Waals surface area (Å²) in [7, 11) is 2.55. The quantitative estimate of drug-likeness (QED) is 0.0868. The van der Waals surface area contributed by atoms with Gasteiger partial charge in [0.1, 0.15) is 29.4 Å². The predicted molar refractivity (Wildman–Crippen MR) is 300 cm³/mol. The summed E-state index contributed by atoms with van der Waals surface area (Å²) in [6, 6.07) is 27.2. The van der Waals surface area contributed by atoms with Gasteiger partial charge < -0.3 is 49.7 Å². The number of likely N-dealkylation sites (tertiary alicyclic amines) is 2. The van der Waals surface area contributed by atoms with Crippen LogP contribution in [0.15, 0.2) is 91.0 Å². The molecule has 4 amide bonds. The lowest BCUT2D eigenvalue weighted by Crippen LogP contribution is -2.51. The van der Waals surface area contributed by atoms with Crippen LogP contribution in [0.1, 0.15) is 137 Å². The molecule has 0 spiro atoms. The number of nitrogens with zero attached hydrogens (tertiary/aromatic N) is 6. The van der Waals surface area contributed by atoms with Gasteiger partial charge in [0.25, 0.3) is 0 Å². The van der Waals surface area contributed by atoms with Crippen LogP contribution in [0.4, 0.5) is 29.7 Å². The maximum absolute atomic E-state index is 17.0. The third kappa shape index (κ3) is 10.4. The molecular formula is C61H70F2N10O6. The molecule has 2 aromatic heterocycles. The number of imidazole rings is 2. The Balaban J connectivity index is 0.901. The van der Waals surface area contributed by atoms with Gasteiger partial charge in [0.15, 0.2) is 11.6 Å². The molecule has 6 atom stereocenters. The fraction of sp³-hybridized carbons (Fsp3) is 0.443. The molecule has 4 aliphatic rings. The summed E-state index contributed by atoms with van der Waals surface area (Å²) < 4.78 is 43.7. The van der Waals surface area contributed by atoms with Crippen molar-refractivity contribution >= 4 is 68.2 Å². The van der Waals surface area contributed by atoms with Crippen molar-refractivity contribution < 1.29 is 37.4 Å². The fourth-order valence-corrected chi connectivity index (χ4v) is 12.9. The van der Waals surface area contributed by atoms with Crippen LogP contribution in [0.3, 0.4) is 0 Å². The second-order valence-electron chi connectivity index (χ2n) is 22.5. The maximum Gasteiger partial charge on any atom is 0.407 e. The number of carbonyl (C=O) groups is 4. The third-order valence-corrected chi connectivity index (χ3v) is 17.0. The molecule has 6 heterocycles. The Kier molecular flexibility index (Phi) is 14.9. The highest BCUT2D eigenvalue weighted by atomic mass is 19.1. The van der Waals surface area contributed by atoms with E-state index < -0.39 is 35.9 Å². The molecule has 11 rings (SSSR count). The summed E-state index contributed by atoms with van der Waals surface area (Å²) >= 11 is 0. The molecular weight excluding hydrogens is 1010 g/mol. The number of hydrogen-bond donors (Lipinski definition) is 4. The number of methoxy groups -OCH3 is 2. The van der Waals surface area contributed by atoms with Crippen molar-refractivity contribution in [2.24, 2.45) is 11.8 Å². The van der Waals surface area contributed by atoms with Gasteiger partial charge in [-0.1, -0.05) is 82.3 Å². The van der Waals surface area contributed by atoms with Gasteiger partial charge >= 0.3 is 12.2 Å². The van der Waals surface area contributed by atoms with Gasteiger partial charge in [-0.15, -0.1) is 0 Å². The molecule has 4 N–H and O–H groups in total. The number of aromatic nitrogens is 4. The Morgan fingerprint density at radius 1 is 0.570 bits per heavy atom. The molecule has 16 nitrogen and oxygen atoms in total. The second kappa shape index (κ2) is 22.2. The maximum atomic E-state index is 17.0. The zero-order valence-electron chi connectivity index (χ0n) is 45.7. The van der Waals surface area contributed by atoms with Gasteiger partial charge in [-0.25, -0.2) is 28.3 Å². The van der Waals surface area contributed by atoms with E-state index in [4.69, 9.17) is 19.4 Å². The Hall–Kier alpha value is -7.76. The molecule has 7 aromatic rings. The first-order valence-electron chi connectivity index (χ1n) is 28.0. The first-order chi connectivity index (χ1) is 38.2. The summed E-state index contributed by atoms with van der Waals surface area (Å²) in [5, 5.41) is 7.81. The largest absolute Gasteiger partial charge is 0.453 e. The van der Waals surface area contributed by atoms with E-state index >= 15 is 8.78 Å². The lowest BCUT2D eigenvalue weighted by molar-refractivity contribution is -0.136. The van der Waals surface area contributed by atoms with Crippen molar-refractivity contribution in [2.45, 2.75) is 121 Å². The minimum absolute atomic E-state index is 0.00980. The number of H-pyrrole nitrogens is 2. The van der Waals surface area contributed by atoms with Gasteiger partial charge in [-0.3, -0.25) is 9.59 Å². The number of piperidine rings is 1. The molecule has 79 heavy (non-hydrogen) atoms. The van der Waals surface area contributed by atoms with Gasteiger partial charge in [0, 0.05) is 31.9 Å². The number of benzene rings is 5. The van der Waals surface area contributed by atoms with Crippen molar-refractivity contribution in [3.05, 3.63) is 131 Å². The molecule has 4 saturated heterocycles. The molecule has 0 saturated carbocycles. The number of amides is 4. The van der Waals surface area contributed by atoms with Crippen LogP contribution in [-0.2, 0) is 19.1 Å². The summed E-state index contributed by atoms with van der Waals surface area (Å²) in [5.41, 5.74) is 6.49. The average molecular weight is 1080 g/mol. The lowest BCUT2D eigenvalue weighted by atomic mass is 9.88. The van der Waals surface area contributed by atoms with Crippen LogP contribution in [0.5, 0.6) is 0 Å². The Morgan fingerprint density at radius 2 is 1.05 bits per heavy atom. The van der Waals surface area contributed by atoms with E-state index in [1.165, 1.54) is 42.7 Å². The van der Waals surface area contributed by atoms with Gasteiger partial charge in [-0.05, 0) is 133 Å². The average Bonchev–Trinajstić information content (AvgIpc) is 4.48. The lowest BCUT2D eigenvalue weighted by Gasteiger charge is -2.36. The number of fused-ring (bicyclic) bond motifs is 3. The first-order valence-corrected chi connectivity index (χ1v) is 28.0. The van der Waals surface area contributed by atoms with Crippen LogP contribution >= 0.6 is 0 Å². The number of anilines is 2. The summed E-state index contributed by atoms with van der Waals surface area (Å²) in [6.45, 7) is 9.61. The van der Waals surface area contributed by atoms with Crippen molar-refractivity contribution in [2.75, 3.05) is 50.2 Å². The highest BCUT2D eigenvalue weighted by Gasteiger charge is 2.41. The molecule has 0 radical (unpaired) electrons. The SMILES string of the molecule is COC(=O)N[C@H](C(=O)N1CCC[C@H]1c1nc2cc([C@H]3CC[C@H](c4ccc5[nH]c([C@@H]6CCCN6C(=O)[C@@H](NC(=O)OC)C(C)C)nc5c4)N3c3cc(F)c(N4CCC(c5ccc6ccccc6c5)CC4)c(F)c3)ccc2[nH]1)C(C)C. The minimum atomic E-state index is -0.771. The molecule has 0 unspecified atom stereocenters. The van der Waals surface area contributed by atoms with E-state index in [0.29, 0.717) is 80.2 Å². The molecule has 4 fully saturated rings. The zero-order valence-corrected chi connectivity index (χ0v) is 45.7.